The highest BCUT2D eigenvalue weighted by Crippen LogP contribution is 2.30. The lowest BCUT2D eigenvalue weighted by Gasteiger charge is -2.17. The summed E-state index contributed by atoms with van der Waals surface area (Å²) in [4.78, 5) is 26.0. The van der Waals surface area contributed by atoms with Gasteiger partial charge in [0, 0.05) is 6.21 Å². The molecular weight excluding hydrogens is 315 g/mol. The number of rotatable bonds is 3. The Morgan fingerprint density at radius 2 is 1.70 bits per heavy atom. The van der Waals surface area contributed by atoms with E-state index in [1.165, 1.54) is 0 Å². The molecule has 1 unspecified atom stereocenters. The Labute approximate surface area is 130 Å². The van der Waals surface area contributed by atoms with Gasteiger partial charge in [0.15, 0.2) is 0 Å². The molecule has 0 aliphatic heterocycles. The van der Waals surface area contributed by atoms with Crippen molar-refractivity contribution < 1.29 is 32.6 Å². The van der Waals surface area contributed by atoms with Gasteiger partial charge in [0.2, 0.25) is 0 Å². The molecule has 0 aliphatic carbocycles. The summed E-state index contributed by atoms with van der Waals surface area (Å²) in [5.41, 5.74) is -1.62. The van der Waals surface area contributed by atoms with Crippen molar-refractivity contribution in [2.24, 2.45) is 4.99 Å². The van der Waals surface area contributed by atoms with E-state index < -0.39 is 35.3 Å². The number of carbonyl (C=O) groups excluding carboxylic acids is 1. The number of hydrogen-bond donors (Lipinski definition) is 1. The van der Waals surface area contributed by atoms with E-state index in [1.54, 1.807) is 20.8 Å². The number of nitrogens with zero attached hydrogens (tertiary/aromatic N) is 1. The van der Waals surface area contributed by atoms with Gasteiger partial charge in [-0.05, 0) is 38.5 Å². The second kappa shape index (κ2) is 6.80. The summed E-state index contributed by atoms with van der Waals surface area (Å²) in [6, 6.07) is 3.60. The minimum Gasteiger partial charge on any atom is -0.481 e. The van der Waals surface area contributed by atoms with Gasteiger partial charge in [0.05, 0.1) is 5.56 Å². The first kappa shape index (κ1) is 18.7. The average molecular weight is 331 g/mol. The van der Waals surface area contributed by atoms with Crippen LogP contribution in [0.4, 0.5) is 18.0 Å². The smallest absolute Gasteiger partial charge is 0.433 e. The van der Waals surface area contributed by atoms with E-state index >= 15 is 0 Å². The normalized spacial score (nSPS) is 13.8. The Bertz CT molecular complexity index is 601. The third-order valence-electron chi connectivity index (χ3n) is 2.59. The fourth-order valence-electron chi connectivity index (χ4n) is 1.60. The maximum Gasteiger partial charge on any atom is 0.433 e. The number of amides is 1. The standard InChI is InChI=1S/C15H16F3NO4/c1-14(2,3)23-13(22)19-8-11(12(20)21)9-4-6-10(7-5-9)15(16,17)18/h4-8,11H,1-3H3,(H,20,21). The van der Waals surface area contributed by atoms with Crippen molar-refractivity contribution in [2.45, 2.75) is 38.5 Å². The third-order valence-corrected chi connectivity index (χ3v) is 2.59. The van der Waals surface area contributed by atoms with E-state index in [4.69, 9.17) is 9.84 Å². The maximum atomic E-state index is 12.5. The molecule has 1 atom stereocenters. The van der Waals surface area contributed by atoms with Crippen LogP contribution in [-0.4, -0.2) is 29.0 Å². The summed E-state index contributed by atoms with van der Waals surface area (Å²) < 4.78 is 42.3. The number of benzene rings is 1. The minimum absolute atomic E-state index is 0.0674. The van der Waals surface area contributed by atoms with Crippen molar-refractivity contribution in [3.8, 4) is 0 Å². The highest BCUT2D eigenvalue weighted by molar-refractivity contribution is 5.98. The molecule has 0 bridgehead atoms. The molecule has 23 heavy (non-hydrogen) atoms. The lowest BCUT2D eigenvalue weighted by molar-refractivity contribution is -0.137. The lowest BCUT2D eigenvalue weighted by atomic mass is 9.99. The van der Waals surface area contributed by atoms with Crippen LogP contribution >= 0.6 is 0 Å². The molecule has 0 radical (unpaired) electrons. The zero-order valence-electron chi connectivity index (χ0n) is 12.7. The predicted molar refractivity (Wildman–Crippen MR) is 76.5 cm³/mol. The second-order valence-electron chi connectivity index (χ2n) is 5.69. The molecule has 1 aromatic carbocycles. The fraction of sp³-hybridized carbons (Fsp3) is 0.400. The number of carbonyl (C=O) groups is 2. The number of ether oxygens (including phenoxy) is 1. The summed E-state index contributed by atoms with van der Waals surface area (Å²) >= 11 is 0. The Morgan fingerprint density at radius 3 is 2.09 bits per heavy atom. The molecule has 0 saturated heterocycles. The first-order valence-electron chi connectivity index (χ1n) is 6.57. The quantitative estimate of drug-likeness (QED) is 0.853. The Morgan fingerprint density at radius 1 is 1.17 bits per heavy atom. The van der Waals surface area contributed by atoms with Crippen LogP contribution in [0, 0.1) is 0 Å². The number of carboxylic acid groups (broad SMARTS) is 1. The molecule has 0 saturated carbocycles. The second-order valence-corrected chi connectivity index (χ2v) is 5.69. The van der Waals surface area contributed by atoms with Gasteiger partial charge in [-0.1, -0.05) is 12.1 Å². The van der Waals surface area contributed by atoms with E-state index in [9.17, 15) is 22.8 Å². The van der Waals surface area contributed by atoms with Gasteiger partial charge in [0.1, 0.15) is 11.5 Å². The van der Waals surface area contributed by atoms with E-state index in [-0.39, 0.29) is 5.56 Å². The van der Waals surface area contributed by atoms with Crippen molar-refractivity contribution in [1.29, 1.82) is 0 Å². The fourth-order valence-corrected chi connectivity index (χ4v) is 1.60. The van der Waals surface area contributed by atoms with Gasteiger partial charge < -0.3 is 9.84 Å². The van der Waals surface area contributed by atoms with Crippen LogP contribution in [0.1, 0.15) is 37.8 Å². The maximum absolute atomic E-state index is 12.5. The summed E-state index contributed by atoms with van der Waals surface area (Å²) in [6.07, 6.45) is -4.66. The van der Waals surface area contributed by atoms with Crippen LogP contribution in [0.5, 0.6) is 0 Å². The third kappa shape index (κ3) is 6.09. The van der Waals surface area contributed by atoms with Crippen LogP contribution in [0.2, 0.25) is 0 Å². The van der Waals surface area contributed by atoms with Crippen LogP contribution in [0.25, 0.3) is 0 Å². The van der Waals surface area contributed by atoms with Gasteiger partial charge in [-0.3, -0.25) is 4.79 Å². The summed E-state index contributed by atoms with van der Waals surface area (Å²) in [5.74, 6) is -2.71. The molecule has 1 amide bonds. The van der Waals surface area contributed by atoms with Crippen LogP contribution in [-0.2, 0) is 15.7 Å². The highest BCUT2D eigenvalue weighted by Gasteiger charge is 2.30. The molecule has 5 nitrogen and oxygen atoms in total. The first-order chi connectivity index (χ1) is 10.4. The van der Waals surface area contributed by atoms with Gasteiger partial charge in [-0.25, -0.2) is 4.79 Å². The Hall–Kier alpha value is -2.38. The van der Waals surface area contributed by atoms with E-state index in [1.807, 2.05) is 0 Å². The van der Waals surface area contributed by atoms with Crippen molar-refractivity contribution >= 4 is 18.3 Å². The number of carboxylic acids is 1. The summed E-state index contributed by atoms with van der Waals surface area (Å²) in [5, 5.41) is 9.14. The number of aliphatic imine (C=N–C) groups is 1. The van der Waals surface area contributed by atoms with Crippen LogP contribution < -0.4 is 0 Å². The molecule has 0 heterocycles. The molecule has 0 fully saturated rings. The van der Waals surface area contributed by atoms with Gasteiger partial charge in [0.25, 0.3) is 0 Å². The van der Waals surface area contributed by atoms with Crippen molar-refractivity contribution in [1.82, 2.24) is 0 Å². The van der Waals surface area contributed by atoms with E-state index in [2.05, 4.69) is 4.99 Å². The van der Waals surface area contributed by atoms with Crippen molar-refractivity contribution in [2.75, 3.05) is 0 Å². The average Bonchev–Trinajstić information content (AvgIpc) is 2.35. The highest BCUT2D eigenvalue weighted by atomic mass is 19.4. The molecule has 126 valence electrons. The van der Waals surface area contributed by atoms with Gasteiger partial charge >= 0.3 is 18.2 Å². The van der Waals surface area contributed by atoms with Gasteiger partial charge in [-0.15, -0.1) is 0 Å². The van der Waals surface area contributed by atoms with Crippen LogP contribution in [0.3, 0.4) is 0 Å². The number of hydrogen-bond acceptors (Lipinski definition) is 3. The topological polar surface area (TPSA) is 76.0 Å². The largest absolute Gasteiger partial charge is 0.481 e. The number of aliphatic carboxylic acids is 1. The summed E-state index contributed by atoms with van der Waals surface area (Å²) in [6.45, 7) is 4.85. The molecule has 1 aromatic rings. The Balaban J connectivity index is 2.95. The molecule has 0 spiro atoms. The van der Waals surface area contributed by atoms with Crippen molar-refractivity contribution in [3.63, 3.8) is 0 Å². The predicted octanol–water partition coefficient (Wildman–Crippen LogP) is 3.88. The number of alkyl halides is 3. The van der Waals surface area contributed by atoms with Gasteiger partial charge in [-0.2, -0.15) is 18.2 Å². The Kier molecular flexibility index (Phi) is 5.52. The minimum atomic E-state index is -4.51. The zero-order valence-corrected chi connectivity index (χ0v) is 12.7. The zero-order chi connectivity index (χ0) is 17.8. The molecule has 0 aliphatic rings. The lowest BCUT2D eigenvalue weighted by Crippen LogP contribution is -2.22. The monoisotopic (exact) mass is 331 g/mol. The number of halogens is 3. The molecule has 1 N–H and O–H groups in total. The molecule has 0 aromatic heterocycles. The molecule has 8 heteroatoms. The van der Waals surface area contributed by atoms with Crippen molar-refractivity contribution in [3.05, 3.63) is 35.4 Å². The first-order valence-corrected chi connectivity index (χ1v) is 6.57. The van der Waals surface area contributed by atoms with E-state index in [0.29, 0.717) is 0 Å². The van der Waals surface area contributed by atoms with E-state index in [0.717, 1.165) is 30.5 Å². The van der Waals surface area contributed by atoms with Crippen LogP contribution in [0.15, 0.2) is 29.3 Å². The molecular formula is C15H16F3NO4. The SMILES string of the molecule is CC(C)(C)OC(=O)N=CC(C(=O)O)c1ccc(C(F)(F)F)cc1. The molecule has 1 rings (SSSR count). The summed E-state index contributed by atoms with van der Waals surface area (Å²) in [7, 11) is 0.